The summed E-state index contributed by atoms with van der Waals surface area (Å²) in [5, 5.41) is 0. The minimum absolute atomic E-state index is 0.161. The molecule has 0 radical (unpaired) electrons. The van der Waals surface area contributed by atoms with Gasteiger partial charge in [0.25, 0.3) is 0 Å². The molecule has 0 bridgehead atoms. The highest BCUT2D eigenvalue weighted by Crippen LogP contribution is 2.43. The lowest BCUT2D eigenvalue weighted by atomic mass is 9.94. The Bertz CT molecular complexity index is 393. The maximum absolute atomic E-state index is 13.0. The molecule has 0 amide bonds. The third kappa shape index (κ3) is 2.21. The molecule has 1 atom stereocenters. The molecular weight excluding hydrogens is 214 g/mol. The molecule has 4 heteroatoms. The van der Waals surface area contributed by atoms with E-state index in [1.807, 2.05) is 0 Å². The normalized spacial score (nSPS) is 16.9. The summed E-state index contributed by atoms with van der Waals surface area (Å²) in [6.45, 7) is 0. The van der Waals surface area contributed by atoms with E-state index in [9.17, 15) is 13.6 Å². The first-order valence-corrected chi connectivity index (χ1v) is 5.15. The highest BCUT2D eigenvalue weighted by Gasteiger charge is 2.38. The van der Waals surface area contributed by atoms with Gasteiger partial charge in [-0.15, -0.1) is 0 Å². The third-order valence-electron chi connectivity index (χ3n) is 2.79. The van der Waals surface area contributed by atoms with Gasteiger partial charge in [-0.3, -0.25) is 4.79 Å². The number of carbonyl (C=O) groups is 1. The van der Waals surface area contributed by atoms with Gasteiger partial charge in [0.2, 0.25) is 0 Å². The van der Waals surface area contributed by atoms with E-state index in [4.69, 9.17) is 0 Å². The number of hydrogen-bond donors (Lipinski definition) is 0. The Morgan fingerprint density at radius 3 is 2.31 bits per heavy atom. The van der Waals surface area contributed by atoms with E-state index >= 15 is 0 Å². The Morgan fingerprint density at radius 1 is 1.31 bits per heavy atom. The predicted molar refractivity (Wildman–Crippen MR) is 53.8 cm³/mol. The van der Waals surface area contributed by atoms with E-state index in [2.05, 4.69) is 4.74 Å². The number of rotatable bonds is 3. The molecule has 1 unspecified atom stereocenters. The van der Waals surface area contributed by atoms with Gasteiger partial charge in [0.15, 0.2) is 0 Å². The zero-order valence-corrected chi connectivity index (χ0v) is 8.87. The molecule has 0 saturated heterocycles. The molecule has 0 N–H and O–H groups in total. The minimum Gasteiger partial charge on any atom is -0.469 e. The maximum atomic E-state index is 13.0. The van der Waals surface area contributed by atoms with Crippen LogP contribution in [0, 0.1) is 17.6 Å². The summed E-state index contributed by atoms with van der Waals surface area (Å²) >= 11 is 0. The highest BCUT2D eigenvalue weighted by atomic mass is 19.1. The van der Waals surface area contributed by atoms with Gasteiger partial charge in [-0.05, 0) is 36.5 Å². The summed E-state index contributed by atoms with van der Waals surface area (Å²) in [6.07, 6.45) is 1.80. The molecule has 2 rings (SSSR count). The number of halogens is 2. The molecule has 0 aromatic heterocycles. The van der Waals surface area contributed by atoms with Gasteiger partial charge in [0.1, 0.15) is 11.6 Å². The summed E-state index contributed by atoms with van der Waals surface area (Å²) in [7, 11) is 1.29. The molecule has 1 aliphatic carbocycles. The van der Waals surface area contributed by atoms with Crippen LogP contribution < -0.4 is 0 Å². The van der Waals surface area contributed by atoms with Gasteiger partial charge in [0.05, 0.1) is 13.0 Å². The van der Waals surface area contributed by atoms with Gasteiger partial charge >= 0.3 is 5.97 Å². The van der Waals surface area contributed by atoms with Crippen molar-refractivity contribution in [3.63, 3.8) is 0 Å². The Labute approximate surface area is 92.2 Å². The van der Waals surface area contributed by atoms with Crippen molar-refractivity contribution in [2.24, 2.45) is 5.92 Å². The Balaban J connectivity index is 2.34. The van der Waals surface area contributed by atoms with Crippen LogP contribution in [-0.2, 0) is 9.53 Å². The number of methoxy groups -OCH3 is 1. The summed E-state index contributed by atoms with van der Waals surface area (Å²) in [5.74, 6) is -2.12. The van der Waals surface area contributed by atoms with E-state index in [0.29, 0.717) is 5.56 Å². The Hall–Kier alpha value is -1.45. The van der Waals surface area contributed by atoms with Crippen LogP contribution in [-0.4, -0.2) is 13.1 Å². The first-order chi connectivity index (χ1) is 7.61. The smallest absolute Gasteiger partial charge is 0.313 e. The lowest BCUT2D eigenvalue weighted by Crippen LogP contribution is -2.16. The number of hydrogen-bond acceptors (Lipinski definition) is 2. The van der Waals surface area contributed by atoms with Crippen LogP contribution >= 0.6 is 0 Å². The van der Waals surface area contributed by atoms with Crippen LogP contribution in [0.15, 0.2) is 18.2 Å². The van der Waals surface area contributed by atoms with Crippen LogP contribution in [0.3, 0.4) is 0 Å². The molecule has 1 aromatic rings. The summed E-state index contributed by atoms with van der Waals surface area (Å²) in [5.41, 5.74) is 0.367. The maximum Gasteiger partial charge on any atom is 0.313 e. The van der Waals surface area contributed by atoms with Crippen LogP contribution in [0.5, 0.6) is 0 Å². The van der Waals surface area contributed by atoms with Crippen LogP contribution in [0.1, 0.15) is 24.3 Å². The van der Waals surface area contributed by atoms with Gasteiger partial charge in [-0.2, -0.15) is 0 Å². The fourth-order valence-corrected chi connectivity index (χ4v) is 1.91. The topological polar surface area (TPSA) is 26.3 Å². The van der Waals surface area contributed by atoms with E-state index in [1.165, 1.54) is 19.2 Å². The largest absolute Gasteiger partial charge is 0.469 e. The van der Waals surface area contributed by atoms with E-state index in [-0.39, 0.29) is 5.92 Å². The molecule has 0 aliphatic heterocycles. The average molecular weight is 226 g/mol. The molecule has 0 heterocycles. The van der Waals surface area contributed by atoms with Crippen molar-refractivity contribution in [2.75, 3.05) is 7.11 Å². The van der Waals surface area contributed by atoms with Crippen molar-refractivity contribution >= 4 is 5.97 Å². The first kappa shape index (κ1) is 11.0. The highest BCUT2D eigenvalue weighted by molar-refractivity contribution is 5.78. The number of benzene rings is 1. The second-order valence-corrected chi connectivity index (χ2v) is 4.04. The van der Waals surface area contributed by atoms with Crippen molar-refractivity contribution in [3.8, 4) is 0 Å². The number of esters is 1. The fourth-order valence-electron chi connectivity index (χ4n) is 1.91. The van der Waals surface area contributed by atoms with Gasteiger partial charge in [-0.25, -0.2) is 8.78 Å². The first-order valence-electron chi connectivity index (χ1n) is 5.15. The Morgan fingerprint density at radius 2 is 1.88 bits per heavy atom. The monoisotopic (exact) mass is 226 g/mol. The Kier molecular flexibility index (Phi) is 2.90. The quantitative estimate of drug-likeness (QED) is 0.740. The third-order valence-corrected chi connectivity index (χ3v) is 2.79. The number of carbonyl (C=O) groups excluding carboxylic acids is 1. The summed E-state index contributed by atoms with van der Waals surface area (Å²) in [4.78, 5) is 11.5. The molecule has 16 heavy (non-hydrogen) atoms. The number of ether oxygens (including phenoxy) is 1. The molecule has 1 saturated carbocycles. The van der Waals surface area contributed by atoms with Crippen molar-refractivity contribution in [1.82, 2.24) is 0 Å². The lowest BCUT2D eigenvalue weighted by molar-refractivity contribution is -0.143. The zero-order valence-electron chi connectivity index (χ0n) is 8.87. The van der Waals surface area contributed by atoms with Crippen LogP contribution in [0.2, 0.25) is 0 Å². The molecule has 86 valence electrons. The molecule has 1 aliphatic rings. The van der Waals surface area contributed by atoms with Gasteiger partial charge < -0.3 is 4.74 Å². The molecule has 1 aromatic carbocycles. The fraction of sp³-hybridized carbons (Fsp3) is 0.417. The van der Waals surface area contributed by atoms with Crippen molar-refractivity contribution in [3.05, 3.63) is 35.4 Å². The van der Waals surface area contributed by atoms with E-state index < -0.39 is 23.5 Å². The van der Waals surface area contributed by atoms with Crippen molar-refractivity contribution in [1.29, 1.82) is 0 Å². The summed E-state index contributed by atoms with van der Waals surface area (Å²) < 4.78 is 30.8. The van der Waals surface area contributed by atoms with Crippen LogP contribution in [0.25, 0.3) is 0 Å². The lowest BCUT2D eigenvalue weighted by Gasteiger charge is -2.14. The second kappa shape index (κ2) is 4.20. The standard InChI is InChI=1S/C12H12F2O2/c1-16-12(15)11(7-2-3-7)8-4-9(13)6-10(14)5-8/h4-7,11H,2-3H2,1H3. The van der Waals surface area contributed by atoms with E-state index in [0.717, 1.165) is 18.9 Å². The zero-order chi connectivity index (χ0) is 11.7. The molecular formula is C12H12F2O2. The van der Waals surface area contributed by atoms with Gasteiger partial charge in [-0.1, -0.05) is 0 Å². The molecule has 0 spiro atoms. The van der Waals surface area contributed by atoms with Gasteiger partial charge in [0, 0.05) is 6.07 Å². The second-order valence-electron chi connectivity index (χ2n) is 4.04. The minimum atomic E-state index is -0.662. The summed E-state index contributed by atoms with van der Waals surface area (Å²) in [6, 6.07) is 3.19. The predicted octanol–water partition coefficient (Wildman–Crippen LogP) is 2.63. The van der Waals surface area contributed by atoms with Crippen LogP contribution in [0.4, 0.5) is 8.78 Å². The molecule has 1 fully saturated rings. The van der Waals surface area contributed by atoms with E-state index in [1.54, 1.807) is 0 Å². The van der Waals surface area contributed by atoms with Crippen molar-refractivity contribution < 1.29 is 18.3 Å². The molecule has 2 nitrogen and oxygen atoms in total. The SMILES string of the molecule is COC(=O)C(c1cc(F)cc(F)c1)C1CC1. The van der Waals surface area contributed by atoms with Crippen molar-refractivity contribution in [2.45, 2.75) is 18.8 Å². The average Bonchev–Trinajstić information content (AvgIpc) is 3.00.